The molecule has 20 heavy (non-hydrogen) atoms. The molecule has 0 spiro atoms. The molecule has 0 bridgehead atoms. The van der Waals surface area contributed by atoms with Crippen LogP contribution in [0.1, 0.15) is 17.2 Å². The Morgan fingerprint density at radius 2 is 1.65 bits per heavy atom. The van der Waals surface area contributed by atoms with Gasteiger partial charge in [0, 0.05) is 11.4 Å². The fourth-order valence-corrected chi connectivity index (χ4v) is 2.62. The van der Waals surface area contributed by atoms with E-state index in [9.17, 15) is 5.11 Å². The Morgan fingerprint density at radius 3 is 2.45 bits per heavy atom. The summed E-state index contributed by atoms with van der Waals surface area (Å²) >= 11 is 5.96. The minimum atomic E-state index is -0.533. The number of benzene rings is 3. The average molecular weight is 283 g/mol. The van der Waals surface area contributed by atoms with Crippen molar-refractivity contribution in [3.05, 3.63) is 82.9 Å². The summed E-state index contributed by atoms with van der Waals surface area (Å²) in [6, 6.07) is 21.9. The summed E-state index contributed by atoms with van der Waals surface area (Å²) in [7, 11) is 0. The van der Waals surface area contributed by atoms with Gasteiger partial charge >= 0.3 is 0 Å². The molecular formula is C18H15ClO. The van der Waals surface area contributed by atoms with E-state index in [2.05, 4.69) is 30.3 Å². The number of halogens is 1. The van der Waals surface area contributed by atoms with E-state index in [1.54, 1.807) is 0 Å². The highest BCUT2D eigenvalue weighted by Gasteiger charge is 2.09. The Bertz CT molecular complexity index is 736. The second-order valence-electron chi connectivity index (χ2n) is 4.96. The van der Waals surface area contributed by atoms with Crippen LogP contribution in [0.15, 0.2) is 66.7 Å². The molecule has 0 saturated heterocycles. The van der Waals surface area contributed by atoms with Crippen molar-refractivity contribution >= 4 is 22.4 Å². The summed E-state index contributed by atoms with van der Waals surface area (Å²) in [6.07, 6.45) is 0.0559. The van der Waals surface area contributed by atoms with Crippen molar-refractivity contribution in [2.24, 2.45) is 0 Å². The molecule has 0 aromatic heterocycles. The highest BCUT2D eigenvalue weighted by Crippen LogP contribution is 2.23. The molecule has 0 amide bonds. The van der Waals surface area contributed by atoms with E-state index >= 15 is 0 Å². The molecule has 1 nitrogen and oxygen atoms in total. The highest BCUT2D eigenvalue weighted by molar-refractivity contribution is 6.30. The first-order valence-electron chi connectivity index (χ1n) is 6.63. The third-order valence-electron chi connectivity index (χ3n) is 3.48. The van der Waals surface area contributed by atoms with Crippen molar-refractivity contribution in [2.75, 3.05) is 0 Å². The van der Waals surface area contributed by atoms with Crippen molar-refractivity contribution in [1.29, 1.82) is 0 Å². The molecule has 3 rings (SSSR count). The van der Waals surface area contributed by atoms with E-state index in [0.717, 1.165) is 11.1 Å². The Hall–Kier alpha value is -1.83. The van der Waals surface area contributed by atoms with Crippen LogP contribution in [0.3, 0.4) is 0 Å². The molecule has 1 atom stereocenters. The first-order chi connectivity index (χ1) is 9.72. The summed E-state index contributed by atoms with van der Waals surface area (Å²) in [6.45, 7) is 0. The van der Waals surface area contributed by atoms with E-state index in [1.807, 2.05) is 36.4 Å². The van der Waals surface area contributed by atoms with Gasteiger partial charge in [-0.3, -0.25) is 0 Å². The van der Waals surface area contributed by atoms with Crippen LogP contribution in [-0.4, -0.2) is 5.11 Å². The first kappa shape index (κ1) is 13.2. The van der Waals surface area contributed by atoms with Crippen molar-refractivity contribution < 1.29 is 5.11 Å². The van der Waals surface area contributed by atoms with Gasteiger partial charge in [0.25, 0.3) is 0 Å². The van der Waals surface area contributed by atoms with Gasteiger partial charge < -0.3 is 5.11 Å². The zero-order valence-corrected chi connectivity index (χ0v) is 11.7. The predicted molar refractivity (Wildman–Crippen MR) is 84.1 cm³/mol. The lowest BCUT2D eigenvalue weighted by Gasteiger charge is -2.12. The maximum absolute atomic E-state index is 10.3. The maximum atomic E-state index is 10.3. The molecule has 0 radical (unpaired) electrons. The minimum absolute atomic E-state index is 0.533. The van der Waals surface area contributed by atoms with E-state index in [4.69, 9.17) is 11.6 Å². The molecule has 1 N–H and O–H groups in total. The third-order valence-corrected chi connectivity index (χ3v) is 3.71. The molecule has 0 heterocycles. The summed E-state index contributed by atoms with van der Waals surface area (Å²) in [5.41, 5.74) is 1.97. The Balaban J connectivity index is 1.85. The van der Waals surface area contributed by atoms with Crippen LogP contribution in [0.5, 0.6) is 0 Å². The van der Waals surface area contributed by atoms with Crippen molar-refractivity contribution in [2.45, 2.75) is 12.5 Å². The quantitative estimate of drug-likeness (QED) is 0.734. The summed E-state index contributed by atoms with van der Waals surface area (Å²) in [5, 5.41) is 13.4. The van der Waals surface area contributed by atoms with Crippen LogP contribution in [0.2, 0.25) is 5.02 Å². The van der Waals surface area contributed by atoms with Crippen molar-refractivity contribution in [1.82, 2.24) is 0 Å². The first-order valence-corrected chi connectivity index (χ1v) is 7.01. The molecule has 100 valence electrons. The van der Waals surface area contributed by atoms with Crippen molar-refractivity contribution in [3.63, 3.8) is 0 Å². The van der Waals surface area contributed by atoms with Gasteiger partial charge in [-0.1, -0.05) is 66.2 Å². The van der Waals surface area contributed by atoms with Crippen LogP contribution >= 0.6 is 11.6 Å². The summed E-state index contributed by atoms with van der Waals surface area (Å²) < 4.78 is 0. The second kappa shape index (κ2) is 5.66. The molecule has 0 saturated carbocycles. The van der Waals surface area contributed by atoms with Gasteiger partial charge in [-0.05, 0) is 34.0 Å². The highest BCUT2D eigenvalue weighted by atomic mass is 35.5. The van der Waals surface area contributed by atoms with E-state index in [0.29, 0.717) is 11.4 Å². The van der Waals surface area contributed by atoms with Gasteiger partial charge in [-0.25, -0.2) is 0 Å². The molecule has 0 aliphatic heterocycles. The van der Waals surface area contributed by atoms with E-state index in [1.165, 1.54) is 10.8 Å². The molecule has 0 aliphatic rings. The van der Waals surface area contributed by atoms with Crippen LogP contribution in [-0.2, 0) is 6.42 Å². The van der Waals surface area contributed by atoms with Crippen LogP contribution in [0.4, 0.5) is 0 Å². The lowest BCUT2D eigenvalue weighted by atomic mass is 9.99. The largest absolute Gasteiger partial charge is 0.388 e. The minimum Gasteiger partial charge on any atom is -0.388 e. The van der Waals surface area contributed by atoms with Gasteiger partial charge in [-0.2, -0.15) is 0 Å². The fraction of sp³-hybridized carbons (Fsp3) is 0.111. The zero-order chi connectivity index (χ0) is 13.9. The normalized spacial score (nSPS) is 12.5. The molecular weight excluding hydrogens is 268 g/mol. The van der Waals surface area contributed by atoms with Crippen molar-refractivity contribution in [3.8, 4) is 0 Å². The van der Waals surface area contributed by atoms with Gasteiger partial charge in [0.1, 0.15) is 0 Å². The third kappa shape index (κ3) is 2.84. The number of hydrogen-bond donors (Lipinski definition) is 1. The van der Waals surface area contributed by atoms with Crippen LogP contribution in [0.25, 0.3) is 10.8 Å². The lowest BCUT2D eigenvalue weighted by molar-refractivity contribution is 0.178. The Kier molecular flexibility index (Phi) is 3.72. The summed E-state index contributed by atoms with van der Waals surface area (Å²) in [5.74, 6) is 0. The smallest absolute Gasteiger partial charge is 0.0830 e. The molecule has 0 fully saturated rings. The average Bonchev–Trinajstić information content (AvgIpc) is 2.47. The van der Waals surface area contributed by atoms with Crippen LogP contribution in [0, 0.1) is 0 Å². The van der Waals surface area contributed by atoms with Gasteiger partial charge in [0.2, 0.25) is 0 Å². The van der Waals surface area contributed by atoms with Crippen LogP contribution < -0.4 is 0 Å². The second-order valence-corrected chi connectivity index (χ2v) is 5.39. The standard InChI is InChI=1S/C18H15ClO/c19-17-7-3-6-16(12-17)18(20)11-13-8-9-14-4-1-2-5-15(14)10-13/h1-10,12,18,20H,11H2. The lowest BCUT2D eigenvalue weighted by Crippen LogP contribution is -2.01. The number of rotatable bonds is 3. The monoisotopic (exact) mass is 282 g/mol. The molecule has 3 aromatic carbocycles. The number of aliphatic hydroxyl groups is 1. The van der Waals surface area contributed by atoms with Gasteiger partial charge in [0.05, 0.1) is 6.10 Å². The molecule has 0 aliphatic carbocycles. The van der Waals surface area contributed by atoms with Gasteiger partial charge in [-0.15, -0.1) is 0 Å². The maximum Gasteiger partial charge on any atom is 0.0830 e. The molecule has 2 heteroatoms. The number of hydrogen-bond acceptors (Lipinski definition) is 1. The molecule has 1 unspecified atom stereocenters. The van der Waals surface area contributed by atoms with E-state index < -0.39 is 6.10 Å². The topological polar surface area (TPSA) is 20.2 Å². The Morgan fingerprint density at radius 1 is 0.850 bits per heavy atom. The number of aliphatic hydroxyl groups excluding tert-OH is 1. The Labute approximate surface area is 123 Å². The zero-order valence-electron chi connectivity index (χ0n) is 11.0. The van der Waals surface area contributed by atoms with Gasteiger partial charge in [0.15, 0.2) is 0 Å². The summed E-state index contributed by atoms with van der Waals surface area (Å²) in [4.78, 5) is 0. The number of fused-ring (bicyclic) bond motifs is 1. The molecule has 3 aromatic rings. The fourth-order valence-electron chi connectivity index (χ4n) is 2.42. The SMILES string of the molecule is OC(Cc1ccc2ccccc2c1)c1cccc(Cl)c1. The predicted octanol–water partition coefficient (Wildman–Crippen LogP) is 4.77. The van der Waals surface area contributed by atoms with E-state index in [-0.39, 0.29) is 0 Å².